The number of aromatic nitrogens is 2. The van der Waals surface area contributed by atoms with Crippen molar-refractivity contribution in [1.29, 1.82) is 0 Å². The van der Waals surface area contributed by atoms with E-state index in [1.165, 1.54) is 26.4 Å². The molecule has 0 saturated heterocycles. The van der Waals surface area contributed by atoms with Crippen LogP contribution in [0.1, 0.15) is 45.4 Å². The summed E-state index contributed by atoms with van der Waals surface area (Å²) in [6.07, 6.45) is 6.82. The van der Waals surface area contributed by atoms with Crippen molar-refractivity contribution in [2.75, 3.05) is 7.11 Å². The fourth-order valence-electron chi connectivity index (χ4n) is 1.71. The van der Waals surface area contributed by atoms with Crippen molar-refractivity contribution in [3.8, 4) is 0 Å². The van der Waals surface area contributed by atoms with Gasteiger partial charge in [0.05, 0.1) is 6.20 Å². The van der Waals surface area contributed by atoms with Gasteiger partial charge >= 0.3 is 5.69 Å². The van der Waals surface area contributed by atoms with E-state index in [4.69, 9.17) is 4.74 Å². The van der Waals surface area contributed by atoms with Gasteiger partial charge in [-0.2, -0.15) is 10.1 Å². The van der Waals surface area contributed by atoms with E-state index in [1.54, 1.807) is 0 Å². The minimum absolute atomic E-state index is 0.224. The molecule has 112 valence electrons. The van der Waals surface area contributed by atoms with E-state index >= 15 is 0 Å². The maximum Gasteiger partial charge on any atom is 0.346 e. The van der Waals surface area contributed by atoms with E-state index in [9.17, 15) is 9.18 Å². The molecule has 1 rings (SSSR count). The SMILES string of the molecule is CCCCCCCC(/N=N/c1[nH]c(=O)ncc1F)OC. The highest BCUT2D eigenvalue weighted by molar-refractivity contribution is 5.24. The smallest absolute Gasteiger partial charge is 0.346 e. The number of rotatable bonds is 9. The summed E-state index contributed by atoms with van der Waals surface area (Å²) < 4.78 is 18.4. The Balaban J connectivity index is 2.48. The molecule has 7 heteroatoms. The molecule has 0 bridgehead atoms. The summed E-state index contributed by atoms with van der Waals surface area (Å²) in [6.45, 7) is 2.16. The van der Waals surface area contributed by atoms with Crippen LogP contribution in [-0.2, 0) is 4.74 Å². The maximum absolute atomic E-state index is 13.3. The van der Waals surface area contributed by atoms with Gasteiger partial charge in [-0.25, -0.2) is 9.18 Å². The van der Waals surface area contributed by atoms with Gasteiger partial charge in [-0.3, -0.25) is 4.98 Å². The minimum atomic E-state index is -0.717. The van der Waals surface area contributed by atoms with E-state index in [2.05, 4.69) is 27.1 Å². The van der Waals surface area contributed by atoms with Crippen LogP contribution in [0.15, 0.2) is 21.2 Å². The number of unbranched alkanes of at least 4 members (excludes halogenated alkanes) is 4. The van der Waals surface area contributed by atoms with Crippen LogP contribution >= 0.6 is 0 Å². The second kappa shape index (κ2) is 9.30. The van der Waals surface area contributed by atoms with Gasteiger partial charge in [0, 0.05) is 7.11 Å². The molecule has 0 aromatic carbocycles. The first-order valence-corrected chi connectivity index (χ1v) is 6.85. The number of ether oxygens (including phenoxy) is 1. The first-order valence-electron chi connectivity index (χ1n) is 6.85. The zero-order valence-electron chi connectivity index (χ0n) is 11.9. The molecule has 1 aromatic rings. The lowest BCUT2D eigenvalue weighted by atomic mass is 10.1. The van der Waals surface area contributed by atoms with E-state index in [0.717, 1.165) is 25.5 Å². The van der Waals surface area contributed by atoms with Crippen LogP contribution in [-0.4, -0.2) is 23.3 Å². The van der Waals surface area contributed by atoms with Crippen molar-refractivity contribution >= 4 is 5.82 Å². The quantitative estimate of drug-likeness (QED) is 0.558. The Bertz CT molecular complexity index is 476. The third-order valence-corrected chi connectivity index (χ3v) is 2.86. The summed E-state index contributed by atoms with van der Waals surface area (Å²) in [5, 5.41) is 7.58. The second-order valence-electron chi connectivity index (χ2n) is 4.49. The van der Waals surface area contributed by atoms with Gasteiger partial charge in [0.25, 0.3) is 0 Å². The Hall–Kier alpha value is -1.63. The summed E-state index contributed by atoms with van der Waals surface area (Å²) in [5.74, 6) is -0.941. The fraction of sp³-hybridized carbons (Fsp3) is 0.692. The van der Waals surface area contributed by atoms with Crippen molar-refractivity contribution in [2.45, 2.75) is 51.7 Å². The zero-order valence-corrected chi connectivity index (χ0v) is 11.9. The average Bonchev–Trinajstić information content (AvgIpc) is 2.45. The summed E-state index contributed by atoms with van der Waals surface area (Å²) in [7, 11) is 1.53. The number of halogens is 1. The molecular weight excluding hydrogens is 263 g/mol. The molecule has 0 radical (unpaired) electrons. The monoisotopic (exact) mass is 284 g/mol. The van der Waals surface area contributed by atoms with Crippen molar-refractivity contribution < 1.29 is 9.13 Å². The highest BCUT2D eigenvalue weighted by Crippen LogP contribution is 2.14. The number of nitrogens with zero attached hydrogens (tertiary/aromatic N) is 3. The van der Waals surface area contributed by atoms with Gasteiger partial charge in [-0.1, -0.05) is 32.6 Å². The predicted octanol–water partition coefficient (Wildman–Crippen LogP) is 3.33. The summed E-state index contributed by atoms with van der Waals surface area (Å²) >= 11 is 0. The molecule has 1 atom stereocenters. The van der Waals surface area contributed by atoms with Gasteiger partial charge in [0.15, 0.2) is 17.9 Å². The molecule has 0 saturated carbocycles. The third kappa shape index (κ3) is 6.01. The predicted molar refractivity (Wildman–Crippen MR) is 73.5 cm³/mol. The van der Waals surface area contributed by atoms with Crippen LogP contribution in [0.25, 0.3) is 0 Å². The normalized spacial score (nSPS) is 12.9. The van der Waals surface area contributed by atoms with Crippen LogP contribution in [0, 0.1) is 5.82 Å². The molecule has 1 heterocycles. The lowest BCUT2D eigenvalue weighted by Gasteiger charge is -2.08. The van der Waals surface area contributed by atoms with E-state index in [1.807, 2.05) is 0 Å². The first kappa shape index (κ1) is 16.4. The molecule has 1 N–H and O–H groups in total. The van der Waals surface area contributed by atoms with Gasteiger partial charge < -0.3 is 4.74 Å². The van der Waals surface area contributed by atoms with Crippen molar-refractivity contribution in [2.24, 2.45) is 10.2 Å². The number of H-pyrrole nitrogens is 1. The zero-order chi connectivity index (χ0) is 14.8. The van der Waals surface area contributed by atoms with Gasteiger partial charge in [0.1, 0.15) is 0 Å². The Morgan fingerprint density at radius 3 is 2.85 bits per heavy atom. The molecule has 0 aliphatic carbocycles. The molecule has 1 unspecified atom stereocenters. The summed E-state index contributed by atoms with van der Waals surface area (Å²) in [5.41, 5.74) is -0.658. The third-order valence-electron chi connectivity index (χ3n) is 2.86. The van der Waals surface area contributed by atoms with Crippen LogP contribution in [0.5, 0.6) is 0 Å². The van der Waals surface area contributed by atoms with Crippen LogP contribution < -0.4 is 5.69 Å². The van der Waals surface area contributed by atoms with Crippen LogP contribution in [0.3, 0.4) is 0 Å². The lowest BCUT2D eigenvalue weighted by Crippen LogP contribution is -2.10. The van der Waals surface area contributed by atoms with Gasteiger partial charge in [-0.05, 0) is 12.8 Å². The Morgan fingerprint density at radius 2 is 2.15 bits per heavy atom. The highest BCUT2D eigenvalue weighted by Gasteiger charge is 2.07. The Labute approximate surface area is 117 Å². The topological polar surface area (TPSA) is 79.7 Å². The van der Waals surface area contributed by atoms with Gasteiger partial charge in [0.2, 0.25) is 0 Å². The minimum Gasteiger partial charge on any atom is -0.358 e. The highest BCUT2D eigenvalue weighted by atomic mass is 19.1. The second-order valence-corrected chi connectivity index (χ2v) is 4.49. The van der Waals surface area contributed by atoms with Crippen molar-refractivity contribution in [1.82, 2.24) is 9.97 Å². The number of hydrogen-bond donors (Lipinski definition) is 1. The standard InChI is InChI=1S/C13H21FN4O2/c1-3-4-5-6-7-8-11(20-2)17-18-12-10(14)9-15-13(19)16-12/h9,11H,3-8H2,1-2H3,(H,15,16,19)/b18-17+. The fourth-order valence-corrected chi connectivity index (χ4v) is 1.71. The van der Waals surface area contributed by atoms with Crippen molar-refractivity contribution in [3.63, 3.8) is 0 Å². The molecular formula is C13H21FN4O2. The molecule has 6 nitrogen and oxygen atoms in total. The van der Waals surface area contributed by atoms with Gasteiger partial charge in [-0.15, -0.1) is 5.11 Å². The van der Waals surface area contributed by atoms with Crippen LogP contribution in [0.4, 0.5) is 10.2 Å². The number of methoxy groups -OCH3 is 1. The molecule has 0 fully saturated rings. The maximum atomic E-state index is 13.3. The number of azo groups is 1. The Morgan fingerprint density at radius 1 is 1.40 bits per heavy atom. The molecule has 0 aliphatic heterocycles. The summed E-state index contributed by atoms with van der Waals surface area (Å²) in [6, 6.07) is 0. The molecule has 0 amide bonds. The number of aromatic amines is 1. The molecule has 20 heavy (non-hydrogen) atoms. The number of hydrogen-bond acceptors (Lipinski definition) is 5. The van der Waals surface area contributed by atoms with E-state index in [0.29, 0.717) is 0 Å². The van der Waals surface area contributed by atoms with E-state index in [-0.39, 0.29) is 5.82 Å². The number of nitrogens with one attached hydrogen (secondary N) is 1. The molecule has 1 aromatic heterocycles. The molecule has 0 aliphatic rings. The average molecular weight is 284 g/mol. The van der Waals surface area contributed by atoms with Crippen LogP contribution in [0.2, 0.25) is 0 Å². The largest absolute Gasteiger partial charge is 0.358 e. The van der Waals surface area contributed by atoms with E-state index < -0.39 is 17.7 Å². The first-order chi connectivity index (χ1) is 9.67. The Kier molecular flexibility index (Phi) is 7.64. The lowest BCUT2D eigenvalue weighted by molar-refractivity contribution is 0.0945. The summed E-state index contributed by atoms with van der Waals surface area (Å²) in [4.78, 5) is 16.4. The van der Waals surface area contributed by atoms with Crippen molar-refractivity contribution in [3.05, 3.63) is 22.5 Å². The molecule has 0 spiro atoms.